The molecular formula is C26H25N3O3. The van der Waals surface area contributed by atoms with Gasteiger partial charge in [0.05, 0.1) is 18.7 Å². The Hall–Kier alpha value is -3.93. The van der Waals surface area contributed by atoms with E-state index < -0.39 is 0 Å². The predicted octanol–water partition coefficient (Wildman–Crippen LogP) is 4.49. The van der Waals surface area contributed by atoms with Gasteiger partial charge in [-0.1, -0.05) is 24.3 Å². The number of hydrogen-bond donors (Lipinski definition) is 1. The van der Waals surface area contributed by atoms with Crippen molar-refractivity contribution >= 4 is 23.1 Å². The van der Waals surface area contributed by atoms with Gasteiger partial charge in [0.15, 0.2) is 0 Å². The van der Waals surface area contributed by atoms with Gasteiger partial charge in [-0.25, -0.2) is 0 Å². The van der Waals surface area contributed by atoms with Crippen LogP contribution < -0.4 is 10.1 Å². The minimum absolute atomic E-state index is 0.157. The fourth-order valence-corrected chi connectivity index (χ4v) is 3.63. The number of ether oxygens (including phenoxy) is 1. The van der Waals surface area contributed by atoms with Crippen LogP contribution in [0, 0.1) is 13.8 Å². The molecule has 2 aromatic carbocycles. The van der Waals surface area contributed by atoms with Crippen LogP contribution in [0.15, 0.2) is 72.7 Å². The highest BCUT2D eigenvalue weighted by Gasteiger charge is 2.39. The van der Waals surface area contributed by atoms with Crippen molar-refractivity contribution in [2.45, 2.75) is 27.3 Å². The number of amides is 2. The van der Waals surface area contributed by atoms with Gasteiger partial charge in [-0.3, -0.25) is 19.5 Å². The highest BCUT2D eigenvalue weighted by Crippen LogP contribution is 2.32. The number of imide groups is 1. The topological polar surface area (TPSA) is 71.5 Å². The fourth-order valence-electron chi connectivity index (χ4n) is 3.63. The molecule has 1 aliphatic heterocycles. The molecule has 0 spiro atoms. The summed E-state index contributed by atoms with van der Waals surface area (Å²) < 4.78 is 5.52. The van der Waals surface area contributed by atoms with Crippen molar-refractivity contribution in [3.05, 3.63) is 94.9 Å². The molecule has 0 atom stereocenters. The van der Waals surface area contributed by atoms with E-state index in [0.717, 1.165) is 22.4 Å². The molecular weight excluding hydrogens is 402 g/mol. The number of anilines is 1. The van der Waals surface area contributed by atoms with Crippen molar-refractivity contribution in [2.75, 3.05) is 11.9 Å². The summed E-state index contributed by atoms with van der Waals surface area (Å²) in [6.07, 6.45) is 3.32. The zero-order chi connectivity index (χ0) is 22.7. The molecule has 2 amide bonds. The Labute approximate surface area is 187 Å². The van der Waals surface area contributed by atoms with Gasteiger partial charge in [-0.2, -0.15) is 0 Å². The molecule has 0 bridgehead atoms. The maximum Gasteiger partial charge on any atom is 0.278 e. The van der Waals surface area contributed by atoms with Gasteiger partial charge >= 0.3 is 0 Å². The third-order valence-electron chi connectivity index (χ3n) is 5.46. The first kappa shape index (κ1) is 21.3. The van der Waals surface area contributed by atoms with Gasteiger partial charge < -0.3 is 10.1 Å². The predicted molar refractivity (Wildman–Crippen MR) is 124 cm³/mol. The zero-order valence-electron chi connectivity index (χ0n) is 18.4. The average Bonchev–Trinajstić information content (AvgIpc) is 3.02. The molecule has 162 valence electrons. The molecule has 4 rings (SSSR count). The molecule has 1 aromatic heterocycles. The second kappa shape index (κ2) is 9.06. The average molecular weight is 428 g/mol. The molecule has 0 fully saturated rings. The SMILES string of the molecule is CCOc1ccc(C2=C(Nc3ccc(C)c(C)c3)C(=O)N(Cc3cccnc3)C2=O)cc1. The lowest BCUT2D eigenvalue weighted by Gasteiger charge is -2.15. The highest BCUT2D eigenvalue weighted by atomic mass is 16.5. The van der Waals surface area contributed by atoms with E-state index >= 15 is 0 Å². The standard InChI is InChI=1S/C26H25N3O3/c1-4-32-22-11-8-20(9-12-22)23-24(28-21-10-7-17(2)18(3)14-21)26(31)29(25(23)30)16-19-6-5-13-27-15-19/h5-15,28H,4,16H2,1-3H3. The van der Waals surface area contributed by atoms with E-state index in [0.29, 0.717) is 23.5 Å². The van der Waals surface area contributed by atoms with Crippen LogP contribution in [0.4, 0.5) is 5.69 Å². The molecule has 0 unspecified atom stereocenters. The Morgan fingerprint density at radius 1 is 0.969 bits per heavy atom. The summed E-state index contributed by atoms with van der Waals surface area (Å²) in [6, 6.07) is 16.7. The van der Waals surface area contributed by atoms with Crippen LogP contribution in [0.25, 0.3) is 5.57 Å². The quantitative estimate of drug-likeness (QED) is 0.563. The van der Waals surface area contributed by atoms with Crippen molar-refractivity contribution in [1.82, 2.24) is 9.88 Å². The first-order valence-corrected chi connectivity index (χ1v) is 10.5. The molecule has 3 aromatic rings. The number of aromatic nitrogens is 1. The number of nitrogens with one attached hydrogen (secondary N) is 1. The van der Waals surface area contributed by atoms with Crippen molar-refractivity contribution in [3.8, 4) is 5.75 Å². The minimum Gasteiger partial charge on any atom is -0.494 e. The summed E-state index contributed by atoms with van der Waals surface area (Å²) in [5.41, 5.74) is 5.08. The van der Waals surface area contributed by atoms with Gasteiger partial charge in [0.25, 0.3) is 11.8 Å². The lowest BCUT2D eigenvalue weighted by molar-refractivity contribution is -0.137. The molecule has 0 aliphatic carbocycles. The van der Waals surface area contributed by atoms with E-state index in [9.17, 15) is 9.59 Å². The van der Waals surface area contributed by atoms with Crippen LogP contribution in [-0.2, 0) is 16.1 Å². The molecule has 2 heterocycles. The maximum absolute atomic E-state index is 13.4. The molecule has 0 saturated carbocycles. The second-order valence-corrected chi connectivity index (χ2v) is 7.69. The van der Waals surface area contributed by atoms with Crippen molar-refractivity contribution in [3.63, 3.8) is 0 Å². The smallest absolute Gasteiger partial charge is 0.278 e. The minimum atomic E-state index is -0.360. The largest absolute Gasteiger partial charge is 0.494 e. The van der Waals surface area contributed by atoms with E-state index in [1.807, 2.05) is 45.0 Å². The third-order valence-corrected chi connectivity index (χ3v) is 5.46. The number of aryl methyl sites for hydroxylation is 2. The van der Waals surface area contributed by atoms with Crippen LogP contribution in [0.5, 0.6) is 5.75 Å². The van der Waals surface area contributed by atoms with E-state index in [1.54, 1.807) is 42.7 Å². The van der Waals surface area contributed by atoms with Crippen LogP contribution >= 0.6 is 0 Å². The van der Waals surface area contributed by atoms with Gasteiger partial charge in [-0.15, -0.1) is 0 Å². The van der Waals surface area contributed by atoms with Crippen molar-refractivity contribution in [1.29, 1.82) is 0 Å². The second-order valence-electron chi connectivity index (χ2n) is 7.69. The van der Waals surface area contributed by atoms with Gasteiger partial charge in [0, 0.05) is 18.1 Å². The number of nitrogens with zero attached hydrogens (tertiary/aromatic N) is 2. The van der Waals surface area contributed by atoms with Gasteiger partial charge in [0.1, 0.15) is 11.4 Å². The highest BCUT2D eigenvalue weighted by molar-refractivity contribution is 6.36. The molecule has 1 N–H and O–H groups in total. The number of benzene rings is 2. The summed E-state index contributed by atoms with van der Waals surface area (Å²) in [4.78, 5) is 32.1. The first-order valence-electron chi connectivity index (χ1n) is 10.5. The third kappa shape index (κ3) is 4.25. The molecule has 0 saturated heterocycles. The Bertz CT molecular complexity index is 1180. The van der Waals surface area contributed by atoms with E-state index in [1.165, 1.54) is 4.90 Å². The Kier molecular flexibility index (Phi) is 6.03. The number of carbonyl (C=O) groups is 2. The van der Waals surface area contributed by atoms with Gasteiger partial charge in [-0.05, 0) is 73.4 Å². The summed E-state index contributed by atoms with van der Waals surface area (Å²) in [6.45, 7) is 6.67. The van der Waals surface area contributed by atoms with E-state index in [4.69, 9.17) is 4.74 Å². The molecule has 1 aliphatic rings. The number of hydrogen-bond acceptors (Lipinski definition) is 5. The Balaban J connectivity index is 1.73. The van der Waals surface area contributed by atoms with E-state index in [-0.39, 0.29) is 24.1 Å². The summed E-state index contributed by atoms with van der Waals surface area (Å²) in [5.74, 6) is 0.0137. The monoisotopic (exact) mass is 427 g/mol. The molecule has 32 heavy (non-hydrogen) atoms. The van der Waals surface area contributed by atoms with Crippen LogP contribution in [0.2, 0.25) is 0 Å². The summed E-state index contributed by atoms with van der Waals surface area (Å²) >= 11 is 0. The zero-order valence-corrected chi connectivity index (χ0v) is 18.4. The molecule has 6 heteroatoms. The molecule has 0 radical (unpaired) electrons. The van der Waals surface area contributed by atoms with Gasteiger partial charge in [0.2, 0.25) is 0 Å². The Morgan fingerprint density at radius 3 is 2.41 bits per heavy atom. The fraction of sp³-hybridized carbons (Fsp3) is 0.192. The lowest BCUT2D eigenvalue weighted by atomic mass is 10.0. The molecule has 6 nitrogen and oxygen atoms in total. The summed E-state index contributed by atoms with van der Waals surface area (Å²) in [5, 5.41) is 3.21. The number of rotatable bonds is 7. The van der Waals surface area contributed by atoms with E-state index in [2.05, 4.69) is 10.3 Å². The Morgan fingerprint density at radius 2 is 1.75 bits per heavy atom. The van der Waals surface area contributed by atoms with Crippen LogP contribution in [-0.4, -0.2) is 28.3 Å². The van der Waals surface area contributed by atoms with Crippen LogP contribution in [0.1, 0.15) is 29.2 Å². The lowest BCUT2D eigenvalue weighted by Crippen LogP contribution is -2.32. The maximum atomic E-state index is 13.4. The van der Waals surface area contributed by atoms with Crippen molar-refractivity contribution in [2.24, 2.45) is 0 Å². The normalized spacial score (nSPS) is 13.7. The first-order chi connectivity index (χ1) is 15.5. The van der Waals surface area contributed by atoms with Crippen LogP contribution in [0.3, 0.4) is 0 Å². The summed E-state index contributed by atoms with van der Waals surface area (Å²) in [7, 11) is 0. The van der Waals surface area contributed by atoms with Crippen molar-refractivity contribution < 1.29 is 14.3 Å². The number of carbonyl (C=O) groups excluding carboxylic acids is 2. The number of pyridine rings is 1.